The van der Waals surface area contributed by atoms with Gasteiger partial charge in [0.25, 0.3) is 0 Å². The Morgan fingerprint density at radius 2 is 1.67 bits per heavy atom. The van der Waals surface area contributed by atoms with E-state index < -0.39 is 0 Å². The van der Waals surface area contributed by atoms with Gasteiger partial charge in [-0.05, 0) is 58.2 Å². The molecule has 1 rings (SSSR count). The third-order valence-electron chi connectivity index (χ3n) is 3.23. The third-order valence-corrected chi connectivity index (χ3v) is 3.23. The van der Waals surface area contributed by atoms with Gasteiger partial charge in [0.1, 0.15) is 0 Å². The average Bonchev–Trinajstić information content (AvgIpc) is 2.21. The van der Waals surface area contributed by atoms with Crippen LogP contribution in [-0.2, 0) is 11.3 Å². The second kappa shape index (κ2) is 6.35. The van der Waals surface area contributed by atoms with Gasteiger partial charge in [0.15, 0.2) is 0 Å². The van der Waals surface area contributed by atoms with Crippen molar-refractivity contribution in [2.75, 3.05) is 13.2 Å². The minimum atomic E-state index is -0.0960. The molecule has 0 heterocycles. The quantitative estimate of drug-likeness (QED) is 0.833. The van der Waals surface area contributed by atoms with Gasteiger partial charge in [0, 0.05) is 19.7 Å². The Balaban J connectivity index is 2.59. The van der Waals surface area contributed by atoms with E-state index in [2.05, 4.69) is 52.1 Å². The lowest BCUT2D eigenvalue weighted by Crippen LogP contribution is -2.37. The Bertz CT molecular complexity index is 373. The summed E-state index contributed by atoms with van der Waals surface area (Å²) < 4.78 is 5.68. The molecule has 2 nitrogen and oxygen atoms in total. The van der Waals surface area contributed by atoms with Crippen molar-refractivity contribution in [3.05, 3.63) is 34.4 Å². The van der Waals surface area contributed by atoms with Crippen LogP contribution in [0.5, 0.6) is 0 Å². The summed E-state index contributed by atoms with van der Waals surface area (Å²) in [5.74, 6) is 0. The molecule has 1 N–H and O–H groups in total. The van der Waals surface area contributed by atoms with E-state index in [0.29, 0.717) is 0 Å². The van der Waals surface area contributed by atoms with E-state index in [1.807, 2.05) is 6.92 Å². The number of benzene rings is 1. The van der Waals surface area contributed by atoms with Crippen molar-refractivity contribution in [2.24, 2.45) is 0 Å². The van der Waals surface area contributed by atoms with Gasteiger partial charge >= 0.3 is 0 Å². The molecule has 0 saturated carbocycles. The lowest BCUT2D eigenvalue weighted by atomic mass is 9.99. The molecule has 0 saturated heterocycles. The first-order chi connectivity index (χ1) is 8.35. The zero-order valence-corrected chi connectivity index (χ0v) is 12.7. The van der Waals surface area contributed by atoms with Gasteiger partial charge in [-0.3, -0.25) is 0 Å². The highest BCUT2D eigenvalue weighted by molar-refractivity contribution is 5.37. The second-order valence-corrected chi connectivity index (χ2v) is 5.67. The van der Waals surface area contributed by atoms with Gasteiger partial charge in [0.05, 0.1) is 5.60 Å². The summed E-state index contributed by atoms with van der Waals surface area (Å²) >= 11 is 0. The van der Waals surface area contributed by atoms with Crippen LogP contribution >= 0.6 is 0 Å². The standard InChI is InChI=1S/C16H27NO/c1-7-18-16(5,6)11-17-10-15-13(3)8-12(2)9-14(15)4/h8-9,17H,7,10-11H2,1-6H3. The summed E-state index contributed by atoms with van der Waals surface area (Å²) in [5, 5.41) is 3.50. The maximum atomic E-state index is 5.68. The first-order valence-corrected chi connectivity index (χ1v) is 6.77. The Hall–Kier alpha value is -0.860. The van der Waals surface area contributed by atoms with E-state index in [9.17, 15) is 0 Å². The van der Waals surface area contributed by atoms with Crippen LogP contribution in [0.3, 0.4) is 0 Å². The van der Waals surface area contributed by atoms with Crippen LogP contribution in [0, 0.1) is 20.8 Å². The molecule has 0 aromatic heterocycles. The molecule has 0 fully saturated rings. The van der Waals surface area contributed by atoms with Gasteiger partial charge in [0.2, 0.25) is 0 Å². The van der Waals surface area contributed by atoms with Crippen molar-refractivity contribution in [3.8, 4) is 0 Å². The lowest BCUT2D eigenvalue weighted by molar-refractivity contribution is -0.00899. The number of ether oxygens (including phenoxy) is 1. The molecule has 0 spiro atoms. The highest BCUT2D eigenvalue weighted by atomic mass is 16.5. The summed E-state index contributed by atoms with van der Waals surface area (Å²) in [4.78, 5) is 0. The van der Waals surface area contributed by atoms with Crippen LogP contribution in [0.2, 0.25) is 0 Å². The molecule has 2 heteroatoms. The summed E-state index contributed by atoms with van der Waals surface area (Å²) in [7, 11) is 0. The lowest BCUT2D eigenvalue weighted by Gasteiger charge is -2.25. The summed E-state index contributed by atoms with van der Waals surface area (Å²) in [6.07, 6.45) is 0. The Morgan fingerprint density at radius 1 is 1.11 bits per heavy atom. The fourth-order valence-corrected chi connectivity index (χ4v) is 2.42. The smallest absolute Gasteiger partial charge is 0.0750 e. The number of hydrogen-bond donors (Lipinski definition) is 1. The molecule has 1 aromatic rings. The zero-order valence-electron chi connectivity index (χ0n) is 12.7. The number of rotatable bonds is 6. The largest absolute Gasteiger partial charge is 0.375 e. The van der Waals surface area contributed by atoms with Crippen molar-refractivity contribution in [1.29, 1.82) is 0 Å². The Morgan fingerprint density at radius 3 is 2.17 bits per heavy atom. The summed E-state index contributed by atoms with van der Waals surface area (Å²) in [5.41, 5.74) is 5.39. The van der Waals surface area contributed by atoms with Crippen LogP contribution in [-0.4, -0.2) is 18.8 Å². The molecule has 0 amide bonds. The molecule has 102 valence electrons. The fourth-order valence-electron chi connectivity index (χ4n) is 2.42. The average molecular weight is 249 g/mol. The van der Waals surface area contributed by atoms with Gasteiger partial charge in [-0.25, -0.2) is 0 Å². The predicted molar refractivity (Wildman–Crippen MR) is 78.1 cm³/mol. The molecular formula is C16H27NO. The molecule has 18 heavy (non-hydrogen) atoms. The minimum absolute atomic E-state index is 0.0960. The molecule has 1 aromatic carbocycles. The van der Waals surface area contributed by atoms with E-state index in [1.54, 1.807) is 0 Å². The topological polar surface area (TPSA) is 21.3 Å². The van der Waals surface area contributed by atoms with Gasteiger partial charge < -0.3 is 10.1 Å². The van der Waals surface area contributed by atoms with E-state index in [-0.39, 0.29) is 5.60 Å². The normalized spacial score (nSPS) is 11.9. The molecule has 0 aliphatic heterocycles. The van der Waals surface area contributed by atoms with Gasteiger partial charge in [-0.1, -0.05) is 17.7 Å². The molecule has 0 aliphatic rings. The number of aryl methyl sites for hydroxylation is 3. The van der Waals surface area contributed by atoms with Crippen LogP contribution < -0.4 is 5.32 Å². The van der Waals surface area contributed by atoms with Crippen LogP contribution in [0.25, 0.3) is 0 Å². The monoisotopic (exact) mass is 249 g/mol. The Kier molecular flexibility index (Phi) is 5.36. The molecular weight excluding hydrogens is 222 g/mol. The first kappa shape index (κ1) is 15.2. The highest BCUT2D eigenvalue weighted by Gasteiger charge is 2.16. The van der Waals surface area contributed by atoms with Gasteiger partial charge in [-0.2, -0.15) is 0 Å². The van der Waals surface area contributed by atoms with Crippen LogP contribution in [0.1, 0.15) is 43.0 Å². The predicted octanol–water partition coefficient (Wildman–Crippen LogP) is 3.52. The molecule has 0 radical (unpaired) electrons. The maximum Gasteiger partial charge on any atom is 0.0750 e. The van der Waals surface area contributed by atoms with E-state index in [4.69, 9.17) is 4.74 Å². The number of hydrogen-bond acceptors (Lipinski definition) is 2. The van der Waals surface area contributed by atoms with Crippen molar-refractivity contribution in [1.82, 2.24) is 5.32 Å². The Labute approximate surface area is 112 Å². The van der Waals surface area contributed by atoms with E-state index >= 15 is 0 Å². The molecule has 0 unspecified atom stereocenters. The fraction of sp³-hybridized carbons (Fsp3) is 0.625. The van der Waals surface area contributed by atoms with Gasteiger partial charge in [-0.15, -0.1) is 0 Å². The first-order valence-electron chi connectivity index (χ1n) is 6.77. The molecule has 0 atom stereocenters. The van der Waals surface area contributed by atoms with Crippen LogP contribution in [0.4, 0.5) is 0 Å². The second-order valence-electron chi connectivity index (χ2n) is 5.67. The van der Waals surface area contributed by atoms with Crippen LogP contribution in [0.15, 0.2) is 12.1 Å². The molecule has 0 bridgehead atoms. The summed E-state index contributed by atoms with van der Waals surface area (Å²) in [6, 6.07) is 4.50. The summed E-state index contributed by atoms with van der Waals surface area (Å²) in [6.45, 7) is 15.3. The van der Waals surface area contributed by atoms with E-state index in [1.165, 1.54) is 22.3 Å². The van der Waals surface area contributed by atoms with Crippen molar-refractivity contribution >= 4 is 0 Å². The maximum absolute atomic E-state index is 5.68. The van der Waals surface area contributed by atoms with Crippen molar-refractivity contribution < 1.29 is 4.74 Å². The molecule has 0 aliphatic carbocycles. The SMILES string of the molecule is CCOC(C)(C)CNCc1c(C)cc(C)cc1C. The van der Waals surface area contributed by atoms with E-state index in [0.717, 1.165) is 19.7 Å². The van der Waals surface area contributed by atoms with Crippen molar-refractivity contribution in [3.63, 3.8) is 0 Å². The zero-order chi connectivity index (χ0) is 13.8. The number of nitrogens with one attached hydrogen (secondary N) is 1. The van der Waals surface area contributed by atoms with Crippen molar-refractivity contribution in [2.45, 2.75) is 53.7 Å². The third kappa shape index (κ3) is 4.43. The minimum Gasteiger partial charge on any atom is -0.375 e. The highest BCUT2D eigenvalue weighted by Crippen LogP contribution is 2.16.